The fraction of sp³-hybridized carbons (Fsp3) is 0.0333. The summed E-state index contributed by atoms with van der Waals surface area (Å²) >= 11 is 12.7. The number of carbonyl (C=O) groups excluding carboxylic acids is 1. The molecule has 35 heavy (non-hydrogen) atoms. The van der Waals surface area contributed by atoms with Gasteiger partial charge in [0.05, 0.1) is 11.0 Å². The molecule has 1 heterocycles. The van der Waals surface area contributed by atoms with E-state index < -0.39 is 5.91 Å². The smallest absolute Gasteiger partial charge is 0.249 e. The second-order valence-electron chi connectivity index (χ2n) is 8.64. The summed E-state index contributed by atoms with van der Waals surface area (Å²) in [5, 5.41) is 5.42. The maximum Gasteiger partial charge on any atom is 0.249 e. The Balaban J connectivity index is 1.65. The van der Waals surface area contributed by atoms with Gasteiger partial charge in [0.15, 0.2) is 0 Å². The molecule has 0 aliphatic rings. The number of aromatic nitrogens is 1. The Labute approximate surface area is 212 Å². The highest BCUT2D eigenvalue weighted by Crippen LogP contribution is 2.37. The molecule has 2 N–H and O–H groups in total. The number of amides is 1. The summed E-state index contributed by atoms with van der Waals surface area (Å²) in [5.41, 5.74) is 11.3. The first-order chi connectivity index (χ1) is 17.0. The van der Waals surface area contributed by atoms with E-state index in [1.54, 1.807) is 12.1 Å². The molecule has 0 aliphatic carbocycles. The van der Waals surface area contributed by atoms with Gasteiger partial charge in [-0.1, -0.05) is 89.9 Å². The van der Waals surface area contributed by atoms with Crippen LogP contribution in [0.25, 0.3) is 43.7 Å². The van der Waals surface area contributed by atoms with Crippen molar-refractivity contribution in [3.05, 3.63) is 118 Å². The zero-order chi connectivity index (χ0) is 24.1. The number of primary amides is 1. The van der Waals surface area contributed by atoms with E-state index >= 15 is 0 Å². The van der Waals surface area contributed by atoms with Crippen molar-refractivity contribution >= 4 is 61.7 Å². The Morgan fingerprint density at radius 2 is 1.57 bits per heavy atom. The molecule has 0 unspecified atom stereocenters. The number of benzene rings is 5. The fourth-order valence-electron chi connectivity index (χ4n) is 5.01. The first-order valence-corrected chi connectivity index (χ1v) is 12.0. The van der Waals surface area contributed by atoms with Gasteiger partial charge in [-0.3, -0.25) is 4.79 Å². The molecule has 0 radical (unpaired) electrons. The Morgan fingerprint density at radius 3 is 2.40 bits per heavy atom. The Bertz CT molecular complexity index is 1780. The molecule has 0 saturated heterocycles. The molecule has 170 valence electrons. The van der Waals surface area contributed by atoms with E-state index in [1.807, 2.05) is 42.5 Å². The quantitative estimate of drug-likeness (QED) is 0.264. The second-order valence-corrected chi connectivity index (χ2v) is 9.49. The van der Waals surface area contributed by atoms with Gasteiger partial charge in [-0.25, -0.2) is 0 Å². The first-order valence-electron chi connectivity index (χ1n) is 11.3. The molecule has 1 aromatic heterocycles. The van der Waals surface area contributed by atoms with Crippen LogP contribution >= 0.6 is 23.2 Å². The Morgan fingerprint density at radius 1 is 0.771 bits per heavy atom. The van der Waals surface area contributed by atoms with Crippen molar-refractivity contribution in [1.29, 1.82) is 0 Å². The summed E-state index contributed by atoms with van der Waals surface area (Å²) in [5.74, 6) is -0.440. The molecular formula is C30H20Cl2N2O. The van der Waals surface area contributed by atoms with Crippen LogP contribution in [0.4, 0.5) is 0 Å². The third-order valence-corrected chi connectivity index (χ3v) is 7.15. The van der Waals surface area contributed by atoms with Gasteiger partial charge in [-0.05, 0) is 52.2 Å². The maximum atomic E-state index is 12.3. The van der Waals surface area contributed by atoms with Crippen molar-refractivity contribution in [3.63, 3.8) is 0 Å². The van der Waals surface area contributed by atoms with Gasteiger partial charge in [0, 0.05) is 38.5 Å². The molecule has 6 rings (SSSR count). The second kappa shape index (κ2) is 8.46. The molecule has 5 heteroatoms. The van der Waals surface area contributed by atoms with Crippen molar-refractivity contribution in [2.75, 3.05) is 0 Å². The largest absolute Gasteiger partial charge is 0.366 e. The third-order valence-electron chi connectivity index (χ3n) is 6.61. The Kier molecular flexibility index (Phi) is 5.25. The SMILES string of the molecule is NC(=O)c1cccc2c1c1ccc(-c3ccc(Cl)cc3Cl)cc1n2Cc1cccc2ccccc12. The van der Waals surface area contributed by atoms with Crippen LogP contribution in [-0.2, 0) is 6.54 Å². The lowest BCUT2D eigenvalue weighted by molar-refractivity contribution is 0.100. The molecule has 5 aromatic carbocycles. The van der Waals surface area contributed by atoms with Crippen molar-refractivity contribution < 1.29 is 4.79 Å². The van der Waals surface area contributed by atoms with E-state index in [-0.39, 0.29) is 0 Å². The van der Waals surface area contributed by atoms with Crippen LogP contribution < -0.4 is 5.73 Å². The van der Waals surface area contributed by atoms with Crippen molar-refractivity contribution in [2.45, 2.75) is 6.54 Å². The van der Waals surface area contributed by atoms with E-state index in [4.69, 9.17) is 28.9 Å². The highest BCUT2D eigenvalue weighted by atomic mass is 35.5. The van der Waals surface area contributed by atoms with Gasteiger partial charge < -0.3 is 10.3 Å². The average Bonchev–Trinajstić information content (AvgIpc) is 3.17. The molecular weight excluding hydrogens is 475 g/mol. The molecule has 0 fully saturated rings. The summed E-state index contributed by atoms with van der Waals surface area (Å²) < 4.78 is 2.26. The van der Waals surface area contributed by atoms with Gasteiger partial charge >= 0.3 is 0 Å². The lowest BCUT2D eigenvalue weighted by Crippen LogP contribution is -2.11. The van der Waals surface area contributed by atoms with E-state index in [2.05, 4.69) is 47.0 Å². The number of nitrogens with two attached hydrogens (primary N) is 1. The summed E-state index contributed by atoms with van der Waals surface area (Å²) in [7, 11) is 0. The van der Waals surface area contributed by atoms with Gasteiger partial charge in [-0.15, -0.1) is 0 Å². The van der Waals surface area contributed by atoms with Crippen LogP contribution in [-0.4, -0.2) is 10.5 Å². The topological polar surface area (TPSA) is 48.0 Å². The fourth-order valence-corrected chi connectivity index (χ4v) is 5.53. The number of carbonyl (C=O) groups is 1. The molecule has 3 nitrogen and oxygen atoms in total. The zero-order valence-corrected chi connectivity index (χ0v) is 20.1. The third kappa shape index (κ3) is 3.65. The number of rotatable bonds is 4. The summed E-state index contributed by atoms with van der Waals surface area (Å²) in [6.07, 6.45) is 0. The first kappa shape index (κ1) is 21.7. The summed E-state index contributed by atoms with van der Waals surface area (Å²) in [6, 6.07) is 32.2. The zero-order valence-electron chi connectivity index (χ0n) is 18.6. The minimum atomic E-state index is -0.440. The van der Waals surface area contributed by atoms with Gasteiger partial charge in [0.2, 0.25) is 5.91 Å². The van der Waals surface area contributed by atoms with Crippen LogP contribution in [0.5, 0.6) is 0 Å². The molecule has 6 aromatic rings. The number of hydrogen-bond donors (Lipinski definition) is 1. The van der Waals surface area contributed by atoms with Crippen LogP contribution in [0, 0.1) is 0 Å². The van der Waals surface area contributed by atoms with Crippen molar-refractivity contribution in [1.82, 2.24) is 4.57 Å². The molecule has 0 bridgehead atoms. The molecule has 0 saturated carbocycles. The number of fused-ring (bicyclic) bond motifs is 4. The highest BCUT2D eigenvalue weighted by Gasteiger charge is 2.18. The van der Waals surface area contributed by atoms with Gasteiger partial charge in [-0.2, -0.15) is 0 Å². The lowest BCUT2D eigenvalue weighted by Gasteiger charge is -2.12. The van der Waals surface area contributed by atoms with E-state index in [1.165, 1.54) is 16.3 Å². The normalized spacial score (nSPS) is 11.5. The highest BCUT2D eigenvalue weighted by molar-refractivity contribution is 6.36. The molecule has 0 atom stereocenters. The van der Waals surface area contributed by atoms with Crippen LogP contribution in [0.2, 0.25) is 10.0 Å². The van der Waals surface area contributed by atoms with Crippen molar-refractivity contribution in [2.24, 2.45) is 5.73 Å². The summed E-state index contributed by atoms with van der Waals surface area (Å²) in [6.45, 7) is 0.640. The predicted molar refractivity (Wildman–Crippen MR) is 146 cm³/mol. The van der Waals surface area contributed by atoms with Crippen LogP contribution in [0.3, 0.4) is 0 Å². The number of halogens is 2. The predicted octanol–water partition coefficient (Wildman–Crippen LogP) is 8.07. The van der Waals surface area contributed by atoms with Gasteiger partial charge in [0.25, 0.3) is 0 Å². The van der Waals surface area contributed by atoms with Crippen LogP contribution in [0.1, 0.15) is 15.9 Å². The van der Waals surface area contributed by atoms with Crippen molar-refractivity contribution in [3.8, 4) is 11.1 Å². The van der Waals surface area contributed by atoms with E-state index in [0.29, 0.717) is 22.2 Å². The lowest BCUT2D eigenvalue weighted by atomic mass is 10.0. The van der Waals surface area contributed by atoms with Gasteiger partial charge in [0.1, 0.15) is 0 Å². The minimum Gasteiger partial charge on any atom is -0.366 e. The maximum absolute atomic E-state index is 12.3. The minimum absolute atomic E-state index is 0.440. The monoisotopic (exact) mass is 494 g/mol. The van der Waals surface area contributed by atoms with E-state index in [9.17, 15) is 4.79 Å². The molecule has 0 spiro atoms. The standard InChI is InChI=1S/C30H20Cl2N2O/c31-21-12-14-23(26(32)16-21)19-11-13-24-28(15-19)34(27-10-4-9-25(29(24)27)30(33)35)17-20-7-3-6-18-5-1-2-8-22(18)20/h1-16H,17H2,(H2,33,35). The molecule has 0 aliphatic heterocycles. The summed E-state index contributed by atoms with van der Waals surface area (Å²) in [4.78, 5) is 12.3. The van der Waals surface area contributed by atoms with Crippen LogP contribution in [0.15, 0.2) is 97.1 Å². The Hall–Kier alpha value is -3.79. The molecule has 1 amide bonds. The number of hydrogen-bond acceptors (Lipinski definition) is 1. The van der Waals surface area contributed by atoms with E-state index in [0.717, 1.165) is 32.9 Å². The average molecular weight is 495 g/mol. The number of nitrogens with zero attached hydrogens (tertiary/aromatic N) is 1.